The lowest BCUT2D eigenvalue weighted by Crippen LogP contribution is -2.02. The third-order valence-corrected chi connectivity index (χ3v) is 2.34. The van der Waals surface area contributed by atoms with E-state index in [1.807, 2.05) is 19.9 Å². The molecule has 0 fully saturated rings. The number of anilines is 1. The van der Waals surface area contributed by atoms with Gasteiger partial charge in [-0.25, -0.2) is 4.98 Å². The number of nitrogens with one attached hydrogen (secondary N) is 1. The third-order valence-electron chi connectivity index (χ3n) is 2.34. The molecule has 0 unspecified atom stereocenters. The van der Waals surface area contributed by atoms with Crippen molar-refractivity contribution in [1.29, 1.82) is 0 Å². The van der Waals surface area contributed by atoms with Gasteiger partial charge in [-0.05, 0) is 19.9 Å². The van der Waals surface area contributed by atoms with Crippen molar-refractivity contribution >= 4 is 5.82 Å². The molecule has 2 rings (SSSR count). The average molecular weight is 244 g/mol. The summed E-state index contributed by atoms with van der Waals surface area (Å²) >= 11 is 0. The molecule has 0 aliphatic carbocycles. The molecule has 2 aromatic heterocycles. The first-order valence-electron chi connectivity index (χ1n) is 5.98. The summed E-state index contributed by atoms with van der Waals surface area (Å²) < 4.78 is 5.44. The van der Waals surface area contributed by atoms with Crippen LogP contribution in [-0.4, -0.2) is 28.1 Å². The second-order valence-corrected chi connectivity index (χ2v) is 3.63. The number of hydrogen-bond acceptors (Lipinski definition) is 5. The Morgan fingerprint density at radius 1 is 1.17 bits per heavy atom. The Balaban J connectivity index is 2.38. The van der Waals surface area contributed by atoms with Crippen molar-refractivity contribution in [2.45, 2.75) is 13.8 Å². The molecule has 0 amide bonds. The van der Waals surface area contributed by atoms with E-state index in [1.165, 1.54) is 0 Å². The minimum Gasteiger partial charge on any atom is -0.492 e. The first-order chi connectivity index (χ1) is 8.85. The van der Waals surface area contributed by atoms with Gasteiger partial charge in [0.1, 0.15) is 11.4 Å². The molecule has 94 valence electrons. The standard InChI is InChI=1S/C13H16N4O/c1-3-15-13-12(16-5-6-17-13)10-7-11(18-4-2)9-14-8-10/h5-9H,3-4H2,1-2H3,(H,15,17). The largest absolute Gasteiger partial charge is 0.492 e. The summed E-state index contributed by atoms with van der Waals surface area (Å²) in [6.07, 6.45) is 6.79. The molecule has 0 aliphatic heterocycles. The van der Waals surface area contributed by atoms with Crippen molar-refractivity contribution in [2.24, 2.45) is 0 Å². The number of hydrogen-bond donors (Lipinski definition) is 1. The van der Waals surface area contributed by atoms with Crippen LogP contribution in [0.2, 0.25) is 0 Å². The Hall–Kier alpha value is -2.17. The van der Waals surface area contributed by atoms with Crippen molar-refractivity contribution in [3.63, 3.8) is 0 Å². The molecule has 18 heavy (non-hydrogen) atoms. The molecule has 2 aromatic rings. The summed E-state index contributed by atoms with van der Waals surface area (Å²) in [7, 11) is 0. The molecule has 0 radical (unpaired) electrons. The Labute approximate surface area is 106 Å². The van der Waals surface area contributed by atoms with Gasteiger partial charge in [0, 0.05) is 30.7 Å². The van der Waals surface area contributed by atoms with E-state index in [2.05, 4.69) is 20.3 Å². The van der Waals surface area contributed by atoms with Crippen LogP contribution in [0.3, 0.4) is 0 Å². The van der Waals surface area contributed by atoms with Crippen LogP contribution < -0.4 is 10.1 Å². The lowest BCUT2D eigenvalue weighted by Gasteiger charge is -2.09. The summed E-state index contributed by atoms with van der Waals surface area (Å²) in [6.45, 7) is 5.38. The minimum atomic E-state index is 0.617. The van der Waals surface area contributed by atoms with Gasteiger partial charge in [0.15, 0.2) is 5.82 Å². The molecule has 0 atom stereocenters. The zero-order valence-corrected chi connectivity index (χ0v) is 10.6. The molecular formula is C13H16N4O. The molecule has 0 saturated carbocycles. The number of nitrogens with zero attached hydrogens (tertiary/aromatic N) is 3. The topological polar surface area (TPSA) is 59.9 Å². The Kier molecular flexibility index (Phi) is 4.06. The van der Waals surface area contributed by atoms with Gasteiger partial charge in [-0.3, -0.25) is 9.97 Å². The van der Waals surface area contributed by atoms with E-state index in [-0.39, 0.29) is 0 Å². The molecule has 0 aliphatic rings. The van der Waals surface area contributed by atoms with Crippen molar-refractivity contribution in [3.05, 3.63) is 30.9 Å². The van der Waals surface area contributed by atoms with E-state index in [1.54, 1.807) is 24.8 Å². The maximum absolute atomic E-state index is 5.44. The van der Waals surface area contributed by atoms with Crippen LogP contribution in [0.25, 0.3) is 11.3 Å². The molecule has 5 heteroatoms. The maximum atomic E-state index is 5.44. The van der Waals surface area contributed by atoms with Gasteiger partial charge in [0.05, 0.1) is 12.8 Å². The van der Waals surface area contributed by atoms with Crippen LogP contribution in [0.15, 0.2) is 30.9 Å². The molecule has 5 nitrogen and oxygen atoms in total. The first kappa shape index (κ1) is 12.3. The van der Waals surface area contributed by atoms with Crippen LogP contribution in [-0.2, 0) is 0 Å². The van der Waals surface area contributed by atoms with Gasteiger partial charge >= 0.3 is 0 Å². The van der Waals surface area contributed by atoms with Gasteiger partial charge in [-0.2, -0.15) is 0 Å². The Bertz CT molecular complexity index is 516. The zero-order chi connectivity index (χ0) is 12.8. The monoisotopic (exact) mass is 244 g/mol. The number of pyridine rings is 1. The quantitative estimate of drug-likeness (QED) is 0.875. The van der Waals surface area contributed by atoms with Crippen LogP contribution >= 0.6 is 0 Å². The number of aromatic nitrogens is 3. The fraction of sp³-hybridized carbons (Fsp3) is 0.308. The molecule has 0 spiro atoms. The predicted molar refractivity (Wildman–Crippen MR) is 70.6 cm³/mol. The molecule has 0 bridgehead atoms. The molecule has 0 aromatic carbocycles. The minimum absolute atomic E-state index is 0.617. The molecule has 0 saturated heterocycles. The smallest absolute Gasteiger partial charge is 0.152 e. The Morgan fingerprint density at radius 2 is 2.00 bits per heavy atom. The predicted octanol–water partition coefficient (Wildman–Crippen LogP) is 2.37. The fourth-order valence-corrected chi connectivity index (χ4v) is 1.64. The summed E-state index contributed by atoms with van der Waals surface area (Å²) in [5.74, 6) is 1.50. The molecule has 1 N–H and O–H groups in total. The lowest BCUT2D eigenvalue weighted by molar-refractivity contribution is 0.339. The van der Waals surface area contributed by atoms with Crippen LogP contribution in [0, 0.1) is 0 Å². The second-order valence-electron chi connectivity index (χ2n) is 3.63. The van der Waals surface area contributed by atoms with Gasteiger partial charge in [-0.15, -0.1) is 0 Å². The normalized spacial score (nSPS) is 10.1. The van der Waals surface area contributed by atoms with Gasteiger partial charge in [-0.1, -0.05) is 0 Å². The highest BCUT2D eigenvalue weighted by atomic mass is 16.5. The number of ether oxygens (including phenoxy) is 1. The highest BCUT2D eigenvalue weighted by Crippen LogP contribution is 2.25. The van der Waals surface area contributed by atoms with Gasteiger partial charge < -0.3 is 10.1 Å². The molecule has 2 heterocycles. The van der Waals surface area contributed by atoms with E-state index in [0.717, 1.165) is 29.4 Å². The van der Waals surface area contributed by atoms with E-state index >= 15 is 0 Å². The van der Waals surface area contributed by atoms with Crippen LogP contribution in [0.1, 0.15) is 13.8 Å². The van der Waals surface area contributed by atoms with Crippen molar-refractivity contribution in [3.8, 4) is 17.0 Å². The van der Waals surface area contributed by atoms with Gasteiger partial charge in [0.25, 0.3) is 0 Å². The second kappa shape index (κ2) is 5.95. The zero-order valence-electron chi connectivity index (χ0n) is 10.6. The van der Waals surface area contributed by atoms with E-state index < -0.39 is 0 Å². The summed E-state index contributed by atoms with van der Waals surface area (Å²) in [5, 5.41) is 3.18. The summed E-state index contributed by atoms with van der Waals surface area (Å²) in [6, 6.07) is 1.92. The maximum Gasteiger partial charge on any atom is 0.152 e. The summed E-state index contributed by atoms with van der Waals surface area (Å²) in [5.41, 5.74) is 1.68. The van der Waals surface area contributed by atoms with Crippen LogP contribution in [0.5, 0.6) is 5.75 Å². The SMILES string of the molecule is CCNc1nccnc1-c1cncc(OCC)c1. The van der Waals surface area contributed by atoms with E-state index in [0.29, 0.717) is 6.61 Å². The Morgan fingerprint density at radius 3 is 2.78 bits per heavy atom. The van der Waals surface area contributed by atoms with Crippen molar-refractivity contribution < 1.29 is 4.74 Å². The number of rotatable bonds is 5. The van der Waals surface area contributed by atoms with Gasteiger partial charge in [0.2, 0.25) is 0 Å². The highest BCUT2D eigenvalue weighted by molar-refractivity contribution is 5.71. The van der Waals surface area contributed by atoms with Crippen molar-refractivity contribution in [2.75, 3.05) is 18.5 Å². The third kappa shape index (κ3) is 2.74. The summed E-state index contributed by atoms with van der Waals surface area (Å²) in [4.78, 5) is 12.8. The fourth-order valence-electron chi connectivity index (χ4n) is 1.64. The van der Waals surface area contributed by atoms with E-state index in [9.17, 15) is 0 Å². The lowest BCUT2D eigenvalue weighted by atomic mass is 10.2. The van der Waals surface area contributed by atoms with E-state index in [4.69, 9.17) is 4.74 Å². The van der Waals surface area contributed by atoms with Crippen molar-refractivity contribution in [1.82, 2.24) is 15.0 Å². The van der Waals surface area contributed by atoms with Crippen LogP contribution in [0.4, 0.5) is 5.82 Å². The average Bonchev–Trinajstić information content (AvgIpc) is 2.40. The molecular weight excluding hydrogens is 228 g/mol. The highest BCUT2D eigenvalue weighted by Gasteiger charge is 2.08. The first-order valence-corrected chi connectivity index (χ1v) is 5.98.